The summed E-state index contributed by atoms with van der Waals surface area (Å²) in [6, 6.07) is 25.6. The standard InChI is InChI=1S/C24H21N5O/c30-24(26-16-20-10-7-13-25-15-20)22-14-23(28-18-27-22)29(21-11-5-2-6-12-21)17-19-8-3-1-4-9-19/h1-15,18H,16-17H2,(H,26,30). The number of rotatable bonds is 7. The van der Waals surface area contributed by atoms with Crippen LogP contribution in [0.5, 0.6) is 0 Å². The molecule has 2 aromatic carbocycles. The van der Waals surface area contributed by atoms with Gasteiger partial charge in [-0.15, -0.1) is 0 Å². The molecule has 0 aliphatic carbocycles. The van der Waals surface area contributed by atoms with Gasteiger partial charge in [-0.25, -0.2) is 9.97 Å². The van der Waals surface area contributed by atoms with Crippen LogP contribution in [-0.2, 0) is 13.1 Å². The Morgan fingerprint density at radius 3 is 2.33 bits per heavy atom. The zero-order chi connectivity index (χ0) is 20.6. The molecule has 0 fully saturated rings. The van der Waals surface area contributed by atoms with Crippen molar-refractivity contribution < 1.29 is 4.79 Å². The van der Waals surface area contributed by atoms with E-state index < -0.39 is 0 Å². The number of hydrogen-bond acceptors (Lipinski definition) is 5. The van der Waals surface area contributed by atoms with Crippen molar-refractivity contribution in [3.05, 3.63) is 114 Å². The molecule has 1 amide bonds. The Kier molecular flexibility index (Phi) is 6.05. The van der Waals surface area contributed by atoms with Crippen LogP contribution in [0.3, 0.4) is 0 Å². The van der Waals surface area contributed by atoms with Gasteiger partial charge in [0, 0.05) is 37.2 Å². The first kappa shape index (κ1) is 19.3. The van der Waals surface area contributed by atoms with E-state index in [9.17, 15) is 4.79 Å². The predicted molar refractivity (Wildman–Crippen MR) is 116 cm³/mol. The van der Waals surface area contributed by atoms with Gasteiger partial charge in [0.15, 0.2) is 0 Å². The lowest BCUT2D eigenvalue weighted by Gasteiger charge is -2.24. The van der Waals surface area contributed by atoms with Crippen LogP contribution >= 0.6 is 0 Å². The fourth-order valence-corrected chi connectivity index (χ4v) is 3.07. The van der Waals surface area contributed by atoms with Crippen molar-refractivity contribution in [2.75, 3.05) is 4.90 Å². The zero-order valence-electron chi connectivity index (χ0n) is 16.3. The first-order valence-electron chi connectivity index (χ1n) is 9.65. The van der Waals surface area contributed by atoms with Gasteiger partial charge in [-0.05, 0) is 29.3 Å². The highest BCUT2D eigenvalue weighted by molar-refractivity contribution is 5.93. The van der Waals surface area contributed by atoms with Crippen molar-refractivity contribution in [1.82, 2.24) is 20.3 Å². The van der Waals surface area contributed by atoms with Gasteiger partial charge in [0.05, 0.1) is 0 Å². The second kappa shape index (κ2) is 9.43. The lowest BCUT2D eigenvalue weighted by Crippen LogP contribution is -2.25. The lowest BCUT2D eigenvalue weighted by atomic mass is 10.2. The number of para-hydroxylation sites is 1. The molecule has 0 atom stereocenters. The third kappa shape index (κ3) is 4.86. The van der Waals surface area contributed by atoms with Crippen LogP contribution in [0, 0.1) is 0 Å². The van der Waals surface area contributed by atoms with Gasteiger partial charge in [0.25, 0.3) is 5.91 Å². The minimum atomic E-state index is -0.254. The van der Waals surface area contributed by atoms with Crippen molar-refractivity contribution in [1.29, 1.82) is 0 Å². The maximum absolute atomic E-state index is 12.6. The summed E-state index contributed by atoms with van der Waals surface area (Å²) in [6.45, 7) is 1.01. The molecule has 1 N–H and O–H groups in total. The van der Waals surface area contributed by atoms with Crippen molar-refractivity contribution in [2.24, 2.45) is 0 Å². The van der Waals surface area contributed by atoms with Crippen LogP contribution in [0.15, 0.2) is 97.6 Å². The quantitative estimate of drug-likeness (QED) is 0.509. The molecule has 0 spiro atoms. The Labute approximate surface area is 175 Å². The fourth-order valence-electron chi connectivity index (χ4n) is 3.07. The minimum absolute atomic E-state index is 0.254. The Morgan fingerprint density at radius 2 is 1.60 bits per heavy atom. The van der Waals surface area contributed by atoms with E-state index in [1.807, 2.05) is 60.7 Å². The van der Waals surface area contributed by atoms with Gasteiger partial charge in [0.1, 0.15) is 17.8 Å². The molecule has 0 unspecified atom stereocenters. The molecule has 2 heterocycles. The Hall–Kier alpha value is -4.06. The Morgan fingerprint density at radius 1 is 0.867 bits per heavy atom. The van der Waals surface area contributed by atoms with Gasteiger partial charge in [0.2, 0.25) is 0 Å². The Bertz CT molecular complexity index is 1090. The van der Waals surface area contributed by atoms with Gasteiger partial charge in [-0.3, -0.25) is 9.78 Å². The molecule has 148 valence electrons. The van der Waals surface area contributed by atoms with E-state index in [-0.39, 0.29) is 5.91 Å². The molecule has 4 rings (SSSR count). The average molecular weight is 395 g/mol. The molecule has 0 saturated heterocycles. The molecule has 6 heteroatoms. The number of nitrogens with zero attached hydrogens (tertiary/aromatic N) is 4. The van der Waals surface area contributed by atoms with Crippen molar-refractivity contribution in [2.45, 2.75) is 13.1 Å². The van der Waals surface area contributed by atoms with E-state index in [2.05, 4.69) is 37.3 Å². The van der Waals surface area contributed by atoms with Crippen LogP contribution in [0.1, 0.15) is 21.6 Å². The molecule has 6 nitrogen and oxygen atoms in total. The smallest absolute Gasteiger partial charge is 0.270 e. The third-order valence-corrected chi connectivity index (χ3v) is 4.59. The third-order valence-electron chi connectivity index (χ3n) is 4.59. The summed E-state index contributed by atoms with van der Waals surface area (Å²) in [6.07, 6.45) is 4.85. The van der Waals surface area contributed by atoms with E-state index >= 15 is 0 Å². The number of anilines is 2. The van der Waals surface area contributed by atoms with E-state index in [1.54, 1.807) is 18.5 Å². The van der Waals surface area contributed by atoms with E-state index in [0.29, 0.717) is 24.6 Å². The summed E-state index contributed by atoms with van der Waals surface area (Å²) < 4.78 is 0. The number of nitrogens with one attached hydrogen (secondary N) is 1. The maximum atomic E-state index is 12.6. The van der Waals surface area contributed by atoms with E-state index in [4.69, 9.17) is 0 Å². The highest BCUT2D eigenvalue weighted by Gasteiger charge is 2.15. The largest absolute Gasteiger partial charge is 0.347 e. The first-order chi connectivity index (χ1) is 14.8. The summed E-state index contributed by atoms with van der Waals surface area (Å²) in [5.41, 5.74) is 3.37. The van der Waals surface area contributed by atoms with Gasteiger partial charge < -0.3 is 10.2 Å². The summed E-state index contributed by atoms with van der Waals surface area (Å²) in [7, 11) is 0. The maximum Gasteiger partial charge on any atom is 0.270 e. The van der Waals surface area contributed by atoms with Crippen LogP contribution < -0.4 is 10.2 Å². The monoisotopic (exact) mass is 395 g/mol. The highest BCUT2D eigenvalue weighted by atomic mass is 16.1. The lowest BCUT2D eigenvalue weighted by molar-refractivity contribution is 0.0945. The molecule has 0 saturated carbocycles. The summed E-state index contributed by atoms with van der Waals surface area (Å²) >= 11 is 0. The highest BCUT2D eigenvalue weighted by Crippen LogP contribution is 2.25. The van der Waals surface area contributed by atoms with Crippen LogP contribution in [0.4, 0.5) is 11.5 Å². The summed E-state index contributed by atoms with van der Waals surface area (Å²) in [5.74, 6) is 0.404. The number of carbonyl (C=O) groups is 1. The molecule has 0 bridgehead atoms. The summed E-state index contributed by atoms with van der Waals surface area (Å²) in [4.78, 5) is 27.4. The molecule has 2 aromatic heterocycles. The fraction of sp³-hybridized carbons (Fsp3) is 0.0833. The normalized spacial score (nSPS) is 10.4. The van der Waals surface area contributed by atoms with Crippen molar-refractivity contribution in [3.8, 4) is 0 Å². The second-order valence-electron chi connectivity index (χ2n) is 6.71. The number of benzene rings is 2. The minimum Gasteiger partial charge on any atom is -0.347 e. The van der Waals surface area contributed by atoms with E-state index in [1.165, 1.54) is 6.33 Å². The number of hydrogen-bond donors (Lipinski definition) is 1. The average Bonchev–Trinajstić information content (AvgIpc) is 2.83. The molecular weight excluding hydrogens is 374 g/mol. The van der Waals surface area contributed by atoms with Gasteiger partial charge in [-0.1, -0.05) is 54.6 Å². The topological polar surface area (TPSA) is 71.0 Å². The molecule has 0 aliphatic rings. The SMILES string of the molecule is O=C(NCc1cccnc1)c1cc(N(Cc2ccccc2)c2ccccc2)ncn1. The molecular formula is C24H21N5O. The molecule has 30 heavy (non-hydrogen) atoms. The predicted octanol–water partition coefficient (Wildman–Crippen LogP) is 4.14. The molecule has 0 aliphatic heterocycles. The Balaban J connectivity index is 1.57. The summed E-state index contributed by atoms with van der Waals surface area (Å²) in [5, 5.41) is 2.88. The number of amides is 1. The van der Waals surface area contributed by atoms with Crippen LogP contribution in [-0.4, -0.2) is 20.9 Å². The second-order valence-corrected chi connectivity index (χ2v) is 6.71. The van der Waals surface area contributed by atoms with Crippen LogP contribution in [0.2, 0.25) is 0 Å². The molecule has 4 aromatic rings. The van der Waals surface area contributed by atoms with Crippen LogP contribution in [0.25, 0.3) is 0 Å². The zero-order valence-corrected chi connectivity index (χ0v) is 16.3. The van der Waals surface area contributed by atoms with Gasteiger partial charge >= 0.3 is 0 Å². The first-order valence-corrected chi connectivity index (χ1v) is 9.65. The van der Waals surface area contributed by atoms with Gasteiger partial charge in [-0.2, -0.15) is 0 Å². The van der Waals surface area contributed by atoms with E-state index in [0.717, 1.165) is 16.8 Å². The van der Waals surface area contributed by atoms with Crippen molar-refractivity contribution >= 4 is 17.4 Å². The number of aromatic nitrogens is 3. The number of carbonyl (C=O) groups excluding carboxylic acids is 1. The molecule has 0 radical (unpaired) electrons. The number of pyridine rings is 1. The van der Waals surface area contributed by atoms with Crippen molar-refractivity contribution in [3.63, 3.8) is 0 Å².